The number of benzene rings is 2. The topological polar surface area (TPSA) is 51.2 Å². The Bertz CT molecular complexity index is 815. The van der Waals surface area contributed by atoms with Crippen LogP contribution >= 0.6 is 11.3 Å². The maximum atomic E-state index is 12.1. The zero-order valence-corrected chi connectivity index (χ0v) is 14.2. The molecule has 1 aromatic heterocycles. The summed E-state index contributed by atoms with van der Waals surface area (Å²) in [4.78, 5) is 16.6. The van der Waals surface area contributed by atoms with Gasteiger partial charge in [0.15, 0.2) is 0 Å². The number of rotatable bonds is 6. The number of para-hydroxylation sites is 2. The normalized spacial score (nSPS) is 10.4. The first kappa shape index (κ1) is 16.2. The van der Waals surface area contributed by atoms with Gasteiger partial charge in [-0.25, -0.2) is 4.98 Å². The van der Waals surface area contributed by atoms with Crippen molar-refractivity contribution < 1.29 is 9.53 Å². The van der Waals surface area contributed by atoms with Gasteiger partial charge in [-0.15, -0.1) is 11.3 Å². The van der Waals surface area contributed by atoms with Gasteiger partial charge in [-0.3, -0.25) is 4.79 Å². The van der Waals surface area contributed by atoms with Gasteiger partial charge in [-0.1, -0.05) is 36.4 Å². The summed E-state index contributed by atoms with van der Waals surface area (Å²) in [6, 6.07) is 17.3. The molecule has 0 saturated heterocycles. The Morgan fingerprint density at radius 3 is 2.67 bits per heavy atom. The van der Waals surface area contributed by atoms with Crippen LogP contribution in [0.15, 0.2) is 60.0 Å². The summed E-state index contributed by atoms with van der Waals surface area (Å²) in [5.41, 5.74) is 2.64. The quantitative estimate of drug-likeness (QED) is 0.732. The molecule has 5 heteroatoms. The molecule has 0 aliphatic rings. The average Bonchev–Trinajstić information content (AvgIpc) is 3.03. The molecule has 2 aromatic carbocycles. The molecular weight excluding hydrogens is 320 g/mol. The molecule has 0 spiro atoms. The Hall–Kier alpha value is -2.66. The Labute approximate surface area is 145 Å². The molecule has 1 N–H and O–H groups in total. The first-order valence-electron chi connectivity index (χ1n) is 7.67. The van der Waals surface area contributed by atoms with Crippen molar-refractivity contribution in [3.63, 3.8) is 0 Å². The first-order chi connectivity index (χ1) is 11.7. The number of hydrogen-bond acceptors (Lipinski definition) is 4. The number of aryl methyl sites for hydroxylation is 1. The number of aromatic nitrogens is 1. The number of nitrogens with zero attached hydrogens (tertiary/aromatic N) is 1. The van der Waals surface area contributed by atoms with Crippen molar-refractivity contribution in [1.29, 1.82) is 0 Å². The van der Waals surface area contributed by atoms with Crippen molar-refractivity contribution in [2.45, 2.75) is 20.0 Å². The highest BCUT2D eigenvalue weighted by Crippen LogP contribution is 2.17. The third-order valence-electron chi connectivity index (χ3n) is 3.47. The standard InChI is InChI=1S/C19H18N2O2S/c1-14-7-5-6-10-17(14)21-18(22)11-15-13-24-19(20-15)12-23-16-8-3-2-4-9-16/h2-10,13H,11-12H2,1H3,(H,21,22). The number of nitrogens with one attached hydrogen (secondary N) is 1. The molecular formula is C19H18N2O2S. The largest absolute Gasteiger partial charge is 0.486 e. The van der Waals surface area contributed by atoms with E-state index in [1.807, 2.05) is 66.9 Å². The molecule has 0 aliphatic carbocycles. The van der Waals surface area contributed by atoms with Gasteiger partial charge in [-0.05, 0) is 30.7 Å². The molecule has 0 bridgehead atoms. The second-order valence-electron chi connectivity index (χ2n) is 5.37. The number of thiazole rings is 1. The maximum Gasteiger partial charge on any atom is 0.230 e. The molecule has 3 aromatic rings. The van der Waals surface area contributed by atoms with Crippen LogP contribution in [0.25, 0.3) is 0 Å². The first-order valence-corrected chi connectivity index (χ1v) is 8.55. The van der Waals surface area contributed by atoms with Crippen molar-refractivity contribution in [2.24, 2.45) is 0 Å². The highest BCUT2D eigenvalue weighted by molar-refractivity contribution is 7.09. The number of anilines is 1. The smallest absolute Gasteiger partial charge is 0.230 e. The summed E-state index contributed by atoms with van der Waals surface area (Å²) in [5, 5.41) is 5.68. The van der Waals surface area contributed by atoms with E-state index in [0.717, 1.165) is 27.7 Å². The van der Waals surface area contributed by atoms with Gasteiger partial charge in [0.05, 0.1) is 12.1 Å². The molecule has 0 radical (unpaired) electrons. The Morgan fingerprint density at radius 2 is 1.88 bits per heavy atom. The van der Waals surface area contributed by atoms with E-state index >= 15 is 0 Å². The zero-order valence-electron chi connectivity index (χ0n) is 13.4. The fraction of sp³-hybridized carbons (Fsp3) is 0.158. The van der Waals surface area contributed by atoms with Crippen LogP contribution in [-0.2, 0) is 17.8 Å². The Balaban J connectivity index is 1.54. The molecule has 0 aliphatic heterocycles. The molecule has 24 heavy (non-hydrogen) atoms. The number of hydrogen-bond donors (Lipinski definition) is 1. The van der Waals surface area contributed by atoms with E-state index in [4.69, 9.17) is 4.74 Å². The molecule has 122 valence electrons. The van der Waals surface area contributed by atoms with Crippen molar-refractivity contribution in [2.75, 3.05) is 5.32 Å². The summed E-state index contributed by atoms with van der Waals surface area (Å²) in [7, 11) is 0. The van der Waals surface area contributed by atoms with Gasteiger partial charge in [0.25, 0.3) is 0 Å². The molecule has 0 unspecified atom stereocenters. The molecule has 0 saturated carbocycles. The van der Waals surface area contributed by atoms with E-state index in [1.54, 1.807) is 0 Å². The van der Waals surface area contributed by atoms with E-state index in [-0.39, 0.29) is 12.3 Å². The monoisotopic (exact) mass is 338 g/mol. The Kier molecular flexibility index (Phi) is 5.23. The predicted molar refractivity (Wildman–Crippen MR) is 96.4 cm³/mol. The van der Waals surface area contributed by atoms with E-state index in [0.29, 0.717) is 6.61 Å². The summed E-state index contributed by atoms with van der Waals surface area (Å²) in [6.07, 6.45) is 0.260. The fourth-order valence-corrected chi connectivity index (χ4v) is 2.94. The van der Waals surface area contributed by atoms with E-state index in [9.17, 15) is 4.79 Å². The summed E-state index contributed by atoms with van der Waals surface area (Å²) >= 11 is 1.50. The van der Waals surface area contributed by atoms with Gasteiger partial charge in [-0.2, -0.15) is 0 Å². The van der Waals surface area contributed by atoms with Crippen molar-refractivity contribution in [1.82, 2.24) is 4.98 Å². The van der Waals surface area contributed by atoms with Crippen LogP contribution < -0.4 is 10.1 Å². The fourth-order valence-electron chi connectivity index (χ4n) is 2.23. The van der Waals surface area contributed by atoms with E-state index in [1.165, 1.54) is 11.3 Å². The highest BCUT2D eigenvalue weighted by atomic mass is 32.1. The molecule has 1 amide bonds. The lowest BCUT2D eigenvalue weighted by atomic mass is 10.2. The molecule has 4 nitrogen and oxygen atoms in total. The third kappa shape index (κ3) is 4.43. The number of carbonyl (C=O) groups excluding carboxylic acids is 1. The Morgan fingerprint density at radius 1 is 1.12 bits per heavy atom. The van der Waals surface area contributed by atoms with Crippen LogP contribution in [0.5, 0.6) is 5.75 Å². The van der Waals surface area contributed by atoms with Crippen LogP contribution in [0.3, 0.4) is 0 Å². The maximum absolute atomic E-state index is 12.1. The lowest BCUT2D eigenvalue weighted by Gasteiger charge is -2.06. The lowest BCUT2D eigenvalue weighted by molar-refractivity contribution is -0.115. The van der Waals surface area contributed by atoms with E-state index in [2.05, 4.69) is 10.3 Å². The van der Waals surface area contributed by atoms with Crippen LogP contribution in [0.1, 0.15) is 16.3 Å². The van der Waals surface area contributed by atoms with Gasteiger partial charge in [0.2, 0.25) is 5.91 Å². The minimum atomic E-state index is -0.0647. The molecule has 0 atom stereocenters. The SMILES string of the molecule is Cc1ccccc1NC(=O)Cc1csc(COc2ccccc2)n1. The van der Waals surface area contributed by atoms with Gasteiger partial charge >= 0.3 is 0 Å². The molecule has 0 fully saturated rings. The molecule has 1 heterocycles. The van der Waals surface area contributed by atoms with Crippen molar-refractivity contribution >= 4 is 22.9 Å². The lowest BCUT2D eigenvalue weighted by Crippen LogP contribution is -2.15. The predicted octanol–water partition coefficient (Wildman–Crippen LogP) is 4.21. The van der Waals surface area contributed by atoms with Crippen molar-refractivity contribution in [3.8, 4) is 5.75 Å². The minimum absolute atomic E-state index is 0.0647. The van der Waals surface area contributed by atoms with Crippen LogP contribution in [0.2, 0.25) is 0 Å². The number of carbonyl (C=O) groups is 1. The minimum Gasteiger partial charge on any atom is -0.486 e. The highest BCUT2D eigenvalue weighted by Gasteiger charge is 2.09. The third-order valence-corrected chi connectivity index (χ3v) is 4.34. The number of ether oxygens (including phenoxy) is 1. The van der Waals surface area contributed by atoms with E-state index < -0.39 is 0 Å². The van der Waals surface area contributed by atoms with Crippen molar-refractivity contribution in [3.05, 3.63) is 76.2 Å². The summed E-state index contributed by atoms with van der Waals surface area (Å²) in [6.45, 7) is 2.38. The average molecular weight is 338 g/mol. The second-order valence-corrected chi connectivity index (χ2v) is 6.32. The summed E-state index contributed by atoms with van der Waals surface area (Å²) < 4.78 is 5.67. The van der Waals surface area contributed by atoms with Gasteiger partial charge in [0.1, 0.15) is 17.4 Å². The summed E-state index contributed by atoms with van der Waals surface area (Å²) in [5.74, 6) is 0.747. The second kappa shape index (κ2) is 7.75. The number of amides is 1. The zero-order chi connectivity index (χ0) is 16.8. The molecule has 3 rings (SSSR count). The van der Waals surface area contributed by atoms with Crippen LogP contribution in [-0.4, -0.2) is 10.9 Å². The van der Waals surface area contributed by atoms with Gasteiger partial charge < -0.3 is 10.1 Å². The van der Waals surface area contributed by atoms with Crippen LogP contribution in [0, 0.1) is 6.92 Å². The van der Waals surface area contributed by atoms with Crippen LogP contribution in [0.4, 0.5) is 5.69 Å². The van der Waals surface area contributed by atoms with Gasteiger partial charge in [0, 0.05) is 11.1 Å².